The first-order chi connectivity index (χ1) is 20.2. The summed E-state index contributed by atoms with van der Waals surface area (Å²) in [6, 6.07) is 13.2. The van der Waals surface area contributed by atoms with Crippen molar-refractivity contribution in [3.05, 3.63) is 75.4 Å². The van der Waals surface area contributed by atoms with Gasteiger partial charge < -0.3 is 34.9 Å². The summed E-state index contributed by atoms with van der Waals surface area (Å²) in [5.74, 6) is 1.59. The lowest BCUT2D eigenvalue weighted by atomic mass is 9.95. The second-order valence-electron chi connectivity index (χ2n) is 9.99. The van der Waals surface area contributed by atoms with Crippen LogP contribution >= 0.6 is 0 Å². The van der Waals surface area contributed by atoms with E-state index in [0.717, 1.165) is 16.7 Å². The van der Waals surface area contributed by atoms with Crippen molar-refractivity contribution in [2.75, 3.05) is 33.8 Å². The van der Waals surface area contributed by atoms with Crippen molar-refractivity contribution in [1.29, 1.82) is 0 Å². The molecule has 3 aromatic carbocycles. The Hall–Kier alpha value is -4.73. The average Bonchev–Trinajstić information content (AvgIpc) is 3.23. The van der Waals surface area contributed by atoms with Crippen LogP contribution in [0, 0.1) is 0 Å². The van der Waals surface area contributed by atoms with E-state index in [-0.39, 0.29) is 29.5 Å². The van der Waals surface area contributed by atoms with Gasteiger partial charge in [-0.25, -0.2) is 0 Å². The third-order valence-corrected chi connectivity index (χ3v) is 7.33. The number of methoxy groups -OCH3 is 4. The normalized spacial score (nSPS) is 14.3. The Morgan fingerprint density at radius 3 is 2.31 bits per heavy atom. The minimum atomic E-state index is -0.716. The van der Waals surface area contributed by atoms with Crippen LogP contribution in [0.2, 0.25) is 0 Å². The summed E-state index contributed by atoms with van der Waals surface area (Å²) in [6.45, 7) is 3.41. The fourth-order valence-electron chi connectivity index (χ4n) is 5.31. The van der Waals surface area contributed by atoms with E-state index in [0.29, 0.717) is 47.0 Å². The second kappa shape index (κ2) is 13.3. The molecule has 3 aromatic rings. The van der Waals surface area contributed by atoms with E-state index >= 15 is 0 Å². The number of benzene rings is 2. The average molecular weight is 576 g/mol. The summed E-state index contributed by atoms with van der Waals surface area (Å²) in [7, 11) is 6.22. The van der Waals surface area contributed by atoms with Gasteiger partial charge in [-0.2, -0.15) is 0 Å². The highest BCUT2D eigenvalue weighted by Crippen LogP contribution is 2.50. The Morgan fingerprint density at radius 2 is 1.64 bits per heavy atom. The van der Waals surface area contributed by atoms with Crippen molar-refractivity contribution in [2.24, 2.45) is 0 Å². The predicted molar refractivity (Wildman–Crippen MR) is 161 cm³/mol. The van der Waals surface area contributed by atoms with Gasteiger partial charge in [0.05, 0.1) is 40.2 Å². The first-order valence-corrected chi connectivity index (χ1v) is 13.7. The van der Waals surface area contributed by atoms with Crippen molar-refractivity contribution in [3.63, 3.8) is 0 Å². The molecule has 0 bridgehead atoms. The number of aryl methyl sites for hydroxylation is 1. The number of para-hydroxylation sites is 1. The maximum atomic E-state index is 13.5. The Labute approximate surface area is 245 Å². The number of carbonyl (C=O) groups excluding carboxylic acids is 2. The minimum Gasteiger partial charge on any atom is -0.496 e. The first-order valence-electron chi connectivity index (χ1n) is 13.7. The smallest absolute Gasteiger partial charge is 0.242 e. The second-order valence-corrected chi connectivity index (χ2v) is 9.99. The lowest BCUT2D eigenvalue weighted by Gasteiger charge is -2.19. The fourth-order valence-corrected chi connectivity index (χ4v) is 5.31. The van der Waals surface area contributed by atoms with Crippen LogP contribution < -0.4 is 40.3 Å². The quantitative estimate of drug-likeness (QED) is 0.332. The van der Waals surface area contributed by atoms with E-state index in [1.165, 1.54) is 20.1 Å². The van der Waals surface area contributed by atoms with Gasteiger partial charge in [0.1, 0.15) is 11.8 Å². The summed E-state index contributed by atoms with van der Waals surface area (Å²) in [5.41, 5.74) is 3.78. The van der Waals surface area contributed by atoms with Crippen LogP contribution in [0.4, 0.5) is 5.69 Å². The molecule has 222 valence electrons. The third-order valence-electron chi connectivity index (χ3n) is 7.33. The van der Waals surface area contributed by atoms with Gasteiger partial charge in [0.15, 0.2) is 11.5 Å². The van der Waals surface area contributed by atoms with E-state index < -0.39 is 12.1 Å². The number of anilines is 1. The summed E-state index contributed by atoms with van der Waals surface area (Å²) < 4.78 is 22.4. The molecule has 2 atom stereocenters. The standard InChI is InChI=1S/C32H37N3O7/c1-18(32(38)33-17-21-9-7-8-10-27(21)39-3)34-25-14-12-22-23(16-26(25)37)24(35-19(2)36)13-11-20-15-28(40-4)30(41-5)31(42-6)29(20)22/h7-10,12,14-16,18,24H,11,13,17H2,1-6H3,(H,33,38)(H,34,37)(H,35,36)/t18-,24-/m0/s1. The molecule has 3 N–H and O–H groups in total. The number of nitrogens with one attached hydrogen (secondary N) is 3. The minimum absolute atomic E-state index is 0.211. The largest absolute Gasteiger partial charge is 0.496 e. The molecule has 0 radical (unpaired) electrons. The number of hydrogen-bond acceptors (Lipinski definition) is 8. The molecule has 10 heteroatoms. The monoisotopic (exact) mass is 575 g/mol. The maximum absolute atomic E-state index is 13.5. The Balaban J connectivity index is 1.73. The Morgan fingerprint density at radius 1 is 0.929 bits per heavy atom. The van der Waals surface area contributed by atoms with E-state index in [1.54, 1.807) is 34.3 Å². The predicted octanol–water partition coefficient (Wildman–Crippen LogP) is 3.99. The lowest BCUT2D eigenvalue weighted by molar-refractivity contribution is -0.122. The highest BCUT2D eigenvalue weighted by molar-refractivity contribution is 5.85. The number of carbonyl (C=O) groups is 2. The number of amides is 2. The number of hydrogen-bond donors (Lipinski definition) is 3. The SMILES string of the molecule is COc1ccccc1CNC(=O)[C@H](C)Nc1ccc2c(cc1=O)[C@@H](NC(C)=O)CCc1cc(OC)c(OC)c(OC)c1-2. The molecule has 0 heterocycles. The van der Waals surface area contributed by atoms with E-state index in [4.69, 9.17) is 18.9 Å². The van der Waals surface area contributed by atoms with Gasteiger partial charge in [-0.05, 0) is 60.7 Å². The van der Waals surface area contributed by atoms with Crippen molar-refractivity contribution < 1.29 is 28.5 Å². The fraction of sp³-hybridized carbons (Fsp3) is 0.344. The third kappa shape index (κ3) is 6.27. The zero-order valence-corrected chi connectivity index (χ0v) is 24.8. The number of fused-ring (bicyclic) bond motifs is 3. The molecule has 0 spiro atoms. The van der Waals surface area contributed by atoms with Crippen molar-refractivity contribution >= 4 is 17.5 Å². The molecule has 0 aromatic heterocycles. The molecule has 2 amide bonds. The number of rotatable bonds is 10. The highest BCUT2D eigenvalue weighted by Gasteiger charge is 2.29. The summed E-state index contributed by atoms with van der Waals surface area (Å²) >= 11 is 0. The Bertz CT molecular complexity index is 1540. The lowest BCUT2D eigenvalue weighted by Crippen LogP contribution is -2.38. The van der Waals surface area contributed by atoms with E-state index in [2.05, 4.69) is 16.0 Å². The van der Waals surface area contributed by atoms with Gasteiger partial charge in [-0.15, -0.1) is 0 Å². The highest BCUT2D eigenvalue weighted by atomic mass is 16.5. The van der Waals surface area contributed by atoms with Gasteiger partial charge in [-0.3, -0.25) is 14.4 Å². The van der Waals surface area contributed by atoms with Crippen LogP contribution in [0.1, 0.15) is 43.0 Å². The van der Waals surface area contributed by atoms with Crippen LogP contribution in [-0.4, -0.2) is 46.3 Å². The first kappa shape index (κ1) is 30.2. The van der Waals surface area contributed by atoms with Crippen molar-refractivity contribution in [3.8, 4) is 34.1 Å². The molecule has 42 heavy (non-hydrogen) atoms. The molecule has 0 fully saturated rings. The van der Waals surface area contributed by atoms with E-state index in [1.807, 2.05) is 36.4 Å². The molecule has 1 aliphatic carbocycles. The van der Waals surface area contributed by atoms with Gasteiger partial charge in [0.25, 0.3) is 0 Å². The summed E-state index contributed by atoms with van der Waals surface area (Å²) in [5, 5.41) is 8.95. The van der Waals surface area contributed by atoms with Gasteiger partial charge in [-0.1, -0.05) is 24.3 Å². The molecule has 1 aliphatic rings. The van der Waals surface area contributed by atoms with Crippen LogP contribution in [0.25, 0.3) is 11.1 Å². The molecular formula is C32H37N3O7. The van der Waals surface area contributed by atoms with Gasteiger partial charge >= 0.3 is 0 Å². The van der Waals surface area contributed by atoms with Crippen LogP contribution in [0.3, 0.4) is 0 Å². The van der Waals surface area contributed by atoms with Crippen molar-refractivity contribution in [2.45, 2.75) is 45.3 Å². The number of ether oxygens (including phenoxy) is 4. The maximum Gasteiger partial charge on any atom is 0.242 e. The molecule has 0 aliphatic heterocycles. The zero-order chi connectivity index (χ0) is 30.4. The van der Waals surface area contributed by atoms with Crippen molar-refractivity contribution in [1.82, 2.24) is 10.6 Å². The van der Waals surface area contributed by atoms with Crippen LogP contribution in [0.15, 0.2) is 53.3 Å². The van der Waals surface area contributed by atoms with Crippen LogP contribution in [0.5, 0.6) is 23.0 Å². The molecule has 4 rings (SSSR count). The molecule has 10 nitrogen and oxygen atoms in total. The summed E-state index contributed by atoms with van der Waals surface area (Å²) in [6.07, 6.45) is 1.14. The topological polar surface area (TPSA) is 124 Å². The molecule has 0 unspecified atom stereocenters. The van der Waals surface area contributed by atoms with Gasteiger partial charge in [0.2, 0.25) is 23.0 Å². The Kier molecular flexibility index (Phi) is 9.57. The molecule has 0 saturated carbocycles. The van der Waals surface area contributed by atoms with Gasteiger partial charge in [0, 0.05) is 24.6 Å². The summed E-state index contributed by atoms with van der Waals surface area (Å²) in [4.78, 5) is 38.7. The molecule has 0 saturated heterocycles. The zero-order valence-electron chi connectivity index (χ0n) is 24.8. The van der Waals surface area contributed by atoms with Crippen LogP contribution in [-0.2, 0) is 22.6 Å². The van der Waals surface area contributed by atoms with E-state index in [9.17, 15) is 14.4 Å². The molecular weight excluding hydrogens is 538 g/mol.